The van der Waals surface area contributed by atoms with Gasteiger partial charge in [0.1, 0.15) is 5.75 Å². The molecule has 0 aliphatic rings. The number of hydrogen-bond acceptors (Lipinski definition) is 5. The van der Waals surface area contributed by atoms with E-state index in [9.17, 15) is 5.11 Å². The van der Waals surface area contributed by atoms with Gasteiger partial charge in [-0.25, -0.2) is 0 Å². The lowest BCUT2D eigenvalue weighted by atomic mass is 10.1. The molecule has 2 rings (SSSR count). The van der Waals surface area contributed by atoms with Crippen LogP contribution in [0.5, 0.6) is 5.75 Å². The summed E-state index contributed by atoms with van der Waals surface area (Å²) in [6.45, 7) is 1.81. The summed E-state index contributed by atoms with van der Waals surface area (Å²) in [5.74, 6) is -0.148. The van der Waals surface area contributed by atoms with Crippen LogP contribution in [-0.4, -0.2) is 22.4 Å². The Morgan fingerprint density at radius 2 is 2.24 bits per heavy atom. The van der Waals surface area contributed by atoms with Crippen LogP contribution >= 0.6 is 0 Å². The van der Waals surface area contributed by atoms with Crippen molar-refractivity contribution in [2.45, 2.75) is 6.92 Å². The smallest absolute Gasteiger partial charge is 0.211 e. The fraction of sp³-hybridized carbons (Fsp3) is 0.100. The van der Waals surface area contributed by atoms with Crippen LogP contribution in [0.25, 0.3) is 11.0 Å². The molecule has 1 heterocycles. The molecule has 0 spiro atoms. The van der Waals surface area contributed by atoms with Crippen molar-refractivity contribution in [1.82, 2.24) is 5.16 Å². The number of aromatic nitrogens is 1. The van der Waals surface area contributed by atoms with Crippen LogP contribution in [0.3, 0.4) is 0 Å². The lowest BCUT2D eigenvalue weighted by molar-refractivity contribution is 0.443. The fourth-order valence-corrected chi connectivity index (χ4v) is 1.41. The van der Waals surface area contributed by atoms with Crippen molar-refractivity contribution < 1.29 is 9.63 Å². The van der Waals surface area contributed by atoms with E-state index in [1.54, 1.807) is 13.0 Å². The molecule has 0 amide bonds. The van der Waals surface area contributed by atoms with Gasteiger partial charge in [0.15, 0.2) is 5.58 Å². The summed E-state index contributed by atoms with van der Waals surface area (Å²) in [5, 5.41) is 21.4. The summed E-state index contributed by atoms with van der Waals surface area (Å²) in [4.78, 5) is 0. The van der Waals surface area contributed by atoms with Gasteiger partial charge in [-0.05, 0) is 19.1 Å². The van der Waals surface area contributed by atoms with Crippen LogP contribution in [0.4, 0.5) is 0 Å². The van der Waals surface area contributed by atoms with E-state index in [4.69, 9.17) is 16.0 Å². The van der Waals surface area contributed by atoms with Crippen molar-refractivity contribution in [2.75, 3.05) is 0 Å². The quantitative estimate of drug-likeness (QED) is 0.394. The Labute approximate surface area is 96.4 Å². The number of aromatic hydroxyl groups is 1. The molecule has 7 nitrogen and oxygen atoms in total. The van der Waals surface area contributed by atoms with Gasteiger partial charge in [-0.1, -0.05) is 5.16 Å². The highest BCUT2D eigenvalue weighted by molar-refractivity contribution is 6.00. The minimum atomic E-state index is -0.165. The lowest BCUT2D eigenvalue weighted by Gasteiger charge is -1.97. The number of aryl methyl sites for hydroxylation is 1. The topological polar surface area (TPSA) is 123 Å². The third kappa shape index (κ3) is 2.03. The number of fused-ring (bicyclic) bond motifs is 1. The second-order valence-corrected chi connectivity index (χ2v) is 3.41. The average molecular weight is 233 g/mol. The number of benzene rings is 1. The largest absolute Gasteiger partial charge is 0.507 e. The molecule has 0 fully saturated rings. The first kappa shape index (κ1) is 10.9. The zero-order chi connectivity index (χ0) is 12.4. The van der Waals surface area contributed by atoms with Gasteiger partial charge >= 0.3 is 0 Å². The van der Waals surface area contributed by atoms with Gasteiger partial charge in [0.25, 0.3) is 0 Å². The van der Waals surface area contributed by atoms with E-state index >= 15 is 0 Å². The highest BCUT2D eigenvalue weighted by atomic mass is 16.5. The normalized spacial score (nSPS) is 11.1. The second-order valence-electron chi connectivity index (χ2n) is 3.41. The molecule has 5 N–H and O–H groups in total. The lowest BCUT2D eigenvalue weighted by Crippen LogP contribution is -2.21. The van der Waals surface area contributed by atoms with Gasteiger partial charge < -0.3 is 21.1 Å². The van der Waals surface area contributed by atoms with E-state index in [2.05, 4.69) is 15.4 Å². The van der Waals surface area contributed by atoms with Crippen molar-refractivity contribution in [2.24, 2.45) is 21.7 Å². The van der Waals surface area contributed by atoms with Crippen LogP contribution in [0.2, 0.25) is 0 Å². The molecular weight excluding hydrogens is 222 g/mol. The summed E-state index contributed by atoms with van der Waals surface area (Å²) in [6.07, 6.45) is 1.31. The molecule has 0 atom stereocenters. The summed E-state index contributed by atoms with van der Waals surface area (Å²) < 4.78 is 5.11. The number of guanidine groups is 1. The number of rotatable bonds is 2. The molecule has 7 heteroatoms. The summed E-state index contributed by atoms with van der Waals surface area (Å²) in [7, 11) is 0. The molecule has 88 valence electrons. The monoisotopic (exact) mass is 233 g/mol. The van der Waals surface area contributed by atoms with Gasteiger partial charge in [-0.3, -0.25) is 0 Å². The van der Waals surface area contributed by atoms with Gasteiger partial charge in [0.05, 0.1) is 17.5 Å². The van der Waals surface area contributed by atoms with E-state index in [0.717, 1.165) is 11.1 Å². The van der Waals surface area contributed by atoms with Crippen molar-refractivity contribution in [3.8, 4) is 5.75 Å². The minimum absolute atomic E-state index is 0.0168. The van der Waals surface area contributed by atoms with Gasteiger partial charge in [0.2, 0.25) is 5.96 Å². The zero-order valence-corrected chi connectivity index (χ0v) is 9.08. The Morgan fingerprint density at radius 3 is 2.94 bits per heavy atom. The molecule has 0 aliphatic carbocycles. The Balaban J connectivity index is 2.55. The molecule has 0 unspecified atom stereocenters. The standard InChI is InChI=1S/C10H11N5O2/c1-5-6-2-3-8(16)7(9(6)17-15-5)4-13-14-10(11)12/h2-4,16H,1H3,(H4,11,12,14). The molecule has 1 aromatic carbocycles. The molecule has 0 bridgehead atoms. The van der Waals surface area contributed by atoms with E-state index < -0.39 is 0 Å². The predicted molar refractivity (Wildman–Crippen MR) is 63.8 cm³/mol. The maximum absolute atomic E-state index is 9.69. The molecule has 0 saturated heterocycles. The van der Waals surface area contributed by atoms with Crippen LogP contribution < -0.4 is 11.5 Å². The first-order valence-electron chi connectivity index (χ1n) is 4.79. The molecule has 0 saturated carbocycles. The third-order valence-electron chi connectivity index (χ3n) is 2.20. The molecule has 1 aromatic heterocycles. The van der Waals surface area contributed by atoms with Crippen LogP contribution in [-0.2, 0) is 0 Å². The third-order valence-corrected chi connectivity index (χ3v) is 2.20. The fourth-order valence-electron chi connectivity index (χ4n) is 1.41. The van der Waals surface area contributed by atoms with Crippen molar-refractivity contribution in [3.05, 3.63) is 23.4 Å². The molecular formula is C10H11N5O2. The highest BCUT2D eigenvalue weighted by Crippen LogP contribution is 2.27. The zero-order valence-electron chi connectivity index (χ0n) is 9.08. The first-order chi connectivity index (χ1) is 8.09. The maximum Gasteiger partial charge on any atom is 0.211 e. The van der Waals surface area contributed by atoms with E-state index in [0.29, 0.717) is 11.1 Å². The van der Waals surface area contributed by atoms with Crippen LogP contribution in [0.1, 0.15) is 11.3 Å². The van der Waals surface area contributed by atoms with E-state index in [1.807, 2.05) is 0 Å². The van der Waals surface area contributed by atoms with Crippen molar-refractivity contribution in [3.63, 3.8) is 0 Å². The van der Waals surface area contributed by atoms with Gasteiger partial charge in [-0.15, -0.1) is 5.10 Å². The number of nitrogens with two attached hydrogens (primary N) is 2. The van der Waals surface area contributed by atoms with Crippen molar-refractivity contribution >= 4 is 23.1 Å². The Kier molecular flexibility index (Phi) is 2.65. The number of hydrogen-bond donors (Lipinski definition) is 3. The van der Waals surface area contributed by atoms with Crippen LogP contribution in [0, 0.1) is 6.92 Å². The van der Waals surface area contributed by atoms with Gasteiger partial charge in [0, 0.05) is 5.39 Å². The number of nitrogens with zero attached hydrogens (tertiary/aromatic N) is 3. The molecule has 0 radical (unpaired) electrons. The maximum atomic E-state index is 9.69. The first-order valence-corrected chi connectivity index (χ1v) is 4.79. The van der Waals surface area contributed by atoms with E-state index in [-0.39, 0.29) is 11.7 Å². The van der Waals surface area contributed by atoms with Gasteiger partial charge in [-0.2, -0.15) is 5.10 Å². The molecule has 2 aromatic rings. The summed E-state index contributed by atoms with van der Waals surface area (Å²) >= 11 is 0. The molecule has 0 aliphatic heterocycles. The molecule has 17 heavy (non-hydrogen) atoms. The summed E-state index contributed by atoms with van der Waals surface area (Å²) in [6, 6.07) is 3.25. The number of phenolic OH excluding ortho intramolecular Hbond substituents is 1. The van der Waals surface area contributed by atoms with Crippen molar-refractivity contribution in [1.29, 1.82) is 0 Å². The Hall–Kier alpha value is -2.57. The second kappa shape index (κ2) is 4.12. The SMILES string of the molecule is Cc1noc2c(C=NN=C(N)N)c(O)ccc12. The number of phenols is 1. The minimum Gasteiger partial charge on any atom is -0.507 e. The van der Waals surface area contributed by atoms with Crippen LogP contribution in [0.15, 0.2) is 26.9 Å². The Bertz CT molecular complexity index is 610. The highest BCUT2D eigenvalue weighted by Gasteiger charge is 2.11. The van der Waals surface area contributed by atoms with E-state index in [1.165, 1.54) is 12.3 Å². The predicted octanol–water partition coefficient (Wildman–Crippen LogP) is 0.449. The average Bonchev–Trinajstić information content (AvgIpc) is 2.63. The summed E-state index contributed by atoms with van der Waals surface area (Å²) in [5.41, 5.74) is 11.8. The Morgan fingerprint density at radius 1 is 1.47 bits per heavy atom.